The molecule has 1 heterocycles. The average Bonchev–Trinajstić information content (AvgIpc) is 2.55. The second kappa shape index (κ2) is 5.96. The van der Waals surface area contributed by atoms with Crippen molar-refractivity contribution in [1.82, 2.24) is 4.98 Å². The molecule has 1 radical (unpaired) electrons. The van der Waals surface area contributed by atoms with Crippen LogP contribution in [0.25, 0.3) is 32.8 Å². The van der Waals surface area contributed by atoms with Crippen molar-refractivity contribution in [3.8, 4) is 11.3 Å². The third-order valence-corrected chi connectivity index (χ3v) is 3.70. The maximum atomic E-state index is 13.1. The van der Waals surface area contributed by atoms with Crippen LogP contribution < -0.4 is 0 Å². The standard InChI is InChI=1S/C19H11FN.Ir/c20-15-8-5-14(6-9-15)19-18-10-7-13-3-1-2-4-16(13)17(18)11-12-21-19;/h1-5,7-12H;/q-1;. The van der Waals surface area contributed by atoms with Gasteiger partial charge in [0.1, 0.15) is 0 Å². The quantitative estimate of drug-likeness (QED) is 0.286. The van der Waals surface area contributed by atoms with Gasteiger partial charge in [0.05, 0.1) is 0 Å². The molecule has 1 aromatic heterocycles. The molecule has 0 spiro atoms. The Kier molecular flexibility index (Phi) is 4.02. The molecule has 4 aromatic rings. The summed E-state index contributed by atoms with van der Waals surface area (Å²) < 4.78 is 13.1. The zero-order valence-electron chi connectivity index (χ0n) is 11.5. The second-order valence-corrected chi connectivity index (χ2v) is 4.96. The van der Waals surface area contributed by atoms with Crippen LogP contribution in [0.2, 0.25) is 0 Å². The number of rotatable bonds is 1. The van der Waals surface area contributed by atoms with Gasteiger partial charge in [-0.25, -0.2) is 0 Å². The van der Waals surface area contributed by atoms with Gasteiger partial charge in [0, 0.05) is 32.1 Å². The molecule has 0 aliphatic heterocycles. The minimum absolute atomic E-state index is 0. The molecule has 0 amide bonds. The van der Waals surface area contributed by atoms with E-state index in [1.54, 1.807) is 12.3 Å². The summed E-state index contributed by atoms with van der Waals surface area (Å²) in [5.74, 6) is -0.288. The zero-order valence-corrected chi connectivity index (χ0v) is 13.9. The Morgan fingerprint density at radius 3 is 2.50 bits per heavy atom. The molecule has 0 atom stereocenters. The molecule has 0 aliphatic carbocycles. The number of hydrogen-bond donors (Lipinski definition) is 0. The molecule has 3 aromatic carbocycles. The normalized spacial score (nSPS) is 10.6. The molecule has 0 bridgehead atoms. The summed E-state index contributed by atoms with van der Waals surface area (Å²) in [7, 11) is 0. The van der Waals surface area contributed by atoms with Crippen molar-refractivity contribution < 1.29 is 24.5 Å². The summed E-state index contributed by atoms with van der Waals surface area (Å²) in [4.78, 5) is 4.46. The van der Waals surface area contributed by atoms with Crippen molar-refractivity contribution in [2.45, 2.75) is 0 Å². The minimum Gasteiger partial charge on any atom is -0.304 e. The molecule has 0 saturated heterocycles. The van der Waals surface area contributed by atoms with Crippen LogP contribution in [0.15, 0.2) is 66.9 Å². The SMILES string of the molecule is Fc1c[c-]c(-c2nccc3c2ccc2ccccc23)cc1.[Ir]. The van der Waals surface area contributed by atoms with Gasteiger partial charge in [-0.3, -0.25) is 4.39 Å². The molecular weight excluding hydrogens is 453 g/mol. The molecule has 109 valence electrons. The molecule has 1 nitrogen and oxygen atoms in total. The molecule has 0 saturated carbocycles. The molecule has 0 N–H and O–H groups in total. The Labute approximate surface area is 141 Å². The van der Waals surface area contributed by atoms with E-state index in [9.17, 15) is 4.39 Å². The van der Waals surface area contributed by atoms with Crippen LogP contribution in [0.5, 0.6) is 0 Å². The number of halogens is 1. The van der Waals surface area contributed by atoms with Gasteiger partial charge in [0.25, 0.3) is 0 Å². The van der Waals surface area contributed by atoms with E-state index in [-0.39, 0.29) is 25.9 Å². The van der Waals surface area contributed by atoms with Gasteiger partial charge < -0.3 is 4.98 Å². The van der Waals surface area contributed by atoms with Crippen LogP contribution in [0.4, 0.5) is 4.39 Å². The summed E-state index contributed by atoms with van der Waals surface area (Å²) in [5, 5.41) is 4.60. The zero-order chi connectivity index (χ0) is 14.2. The van der Waals surface area contributed by atoms with Crippen LogP contribution in [0, 0.1) is 11.9 Å². The van der Waals surface area contributed by atoms with Gasteiger partial charge in [-0.15, -0.1) is 29.8 Å². The van der Waals surface area contributed by atoms with E-state index >= 15 is 0 Å². The first kappa shape index (κ1) is 14.8. The van der Waals surface area contributed by atoms with E-state index in [4.69, 9.17) is 0 Å². The number of pyridine rings is 1. The predicted octanol–water partition coefficient (Wildman–Crippen LogP) is 4.99. The average molecular weight is 465 g/mol. The summed E-state index contributed by atoms with van der Waals surface area (Å²) in [6.07, 6.45) is 1.79. The Morgan fingerprint density at radius 2 is 1.68 bits per heavy atom. The largest absolute Gasteiger partial charge is 0.304 e. The number of nitrogens with zero attached hydrogens (tertiary/aromatic N) is 1. The monoisotopic (exact) mass is 465 g/mol. The van der Waals surface area contributed by atoms with Crippen molar-refractivity contribution >= 4 is 21.5 Å². The number of benzene rings is 3. The maximum absolute atomic E-state index is 13.1. The third-order valence-electron chi connectivity index (χ3n) is 3.70. The fourth-order valence-electron chi connectivity index (χ4n) is 2.71. The van der Waals surface area contributed by atoms with E-state index in [0.717, 1.165) is 22.0 Å². The minimum atomic E-state index is -0.288. The number of hydrogen-bond acceptors (Lipinski definition) is 1. The van der Waals surface area contributed by atoms with Crippen molar-refractivity contribution in [2.75, 3.05) is 0 Å². The van der Waals surface area contributed by atoms with E-state index in [2.05, 4.69) is 35.3 Å². The Hall–Kier alpha value is -2.09. The Balaban J connectivity index is 0.00000144. The van der Waals surface area contributed by atoms with E-state index in [1.165, 1.54) is 22.9 Å². The summed E-state index contributed by atoms with van der Waals surface area (Å²) in [5.41, 5.74) is 1.63. The molecule has 3 heteroatoms. The first-order valence-corrected chi connectivity index (χ1v) is 6.77. The van der Waals surface area contributed by atoms with Crippen molar-refractivity contribution in [3.05, 3.63) is 78.7 Å². The van der Waals surface area contributed by atoms with Gasteiger partial charge in [-0.2, -0.15) is 0 Å². The molecular formula is C19H11FIrN-. The fourth-order valence-corrected chi connectivity index (χ4v) is 2.71. The number of aromatic nitrogens is 1. The Bertz CT molecular complexity index is 948. The second-order valence-electron chi connectivity index (χ2n) is 4.96. The van der Waals surface area contributed by atoms with Crippen LogP contribution in [-0.4, -0.2) is 4.98 Å². The number of fused-ring (bicyclic) bond motifs is 3. The van der Waals surface area contributed by atoms with Gasteiger partial charge in [-0.05, 0) is 33.3 Å². The van der Waals surface area contributed by atoms with Crippen LogP contribution in [0.1, 0.15) is 0 Å². The summed E-state index contributed by atoms with van der Waals surface area (Å²) in [6, 6.07) is 21.9. The Morgan fingerprint density at radius 1 is 0.818 bits per heavy atom. The molecule has 0 fully saturated rings. The first-order chi connectivity index (χ1) is 10.3. The molecule has 0 unspecified atom stereocenters. The molecule has 4 rings (SSSR count). The maximum Gasteiger partial charge on any atom is 0.0379 e. The van der Waals surface area contributed by atoms with Crippen LogP contribution in [-0.2, 0) is 20.1 Å². The van der Waals surface area contributed by atoms with E-state index < -0.39 is 0 Å². The fraction of sp³-hybridized carbons (Fsp3) is 0. The van der Waals surface area contributed by atoms with Gasteiger partial charge >= 0.3 is 0 Å². The topological polar surface area (TPSA) is 12.9 Å². The van der Waals surface area contributed by atoms with Gasteiger partial charge in [0.2, 0.25) is 0 Å². The van der Waals surface area contributed by atoms with E-state index in [1.807, 2.05) is 18.2 Å². The first-order valence-electron chi connectivity index (χ1n) is 6.77. The summed E-state index contributed by atoms with van der Waals surface area (Å²) in [6.45, 7) is 0. The third kappa shape index (κ3) is 2.43. The van der Waals surface area contributed by atoms with Crippen LogP contribution >= 0.6 is 0 Å². The predicted molar refractivity (Wildman–Crippen MR) is 83.5 cm³/mol. The molecule has 0 aliphatic rings. The van der Waals surface area contributed by atoms with Crippen LogP contribution in [0.3, 0.4) is 0 Å². The molecule has 22 heavy (non-hydrogen) atoms. The summed E-state index contributed by atoms with van der Waals surface area (Å²) >= 11 is 0. The van der Waals surface area contributed by atoms with Crippen molar-refractivity contribution in [1.29, 1.82) is 0 Å². The van der Waals surface area contributed by atoms with Crippen molar-refractivity contribution in [3.63, 3.8) is 0 Å². The van der Waals surface area contributed by atoms with Gasteiger partial charge in [0.15, 0.2) is 0 Å². The smallest absolute Gasteiger partial charge is 0.0379 e. The van der Waals surface area contributed by atoms with E-state index in [0.29, 0.717) is 0 Å². The van der Waals surface area contributed by atoms with Crippen molar-refractivity contribution in [2.24, 2.45) is 0 Å². The van der Waals surface area contributed by atoms with Gasteiger partial charge in [-0.1, -0.05) is 36.4 Å².